The van der Waals surface area contributed by atoms with Crippen molar-refractivity contribution in [2.45, 2.75) is 25.4 Å². The second-order valence-electron chi connectivity index (χ2n) is 10.3. The van der Waals surface area contributed by atoms with Crippen LogP contribution in [0.3, 0.4) is 0 Å². The molecule has 4 aromatic rings. The van der Waals surface area contributed by atoms with Crippen LogP contribution in [0.2, 0.25) is 0 Å². The fourth-order valence-corrected chi connectivity index (χ4v) is 7.06. The van der Waals surface area contributed by atoms with Gasteiger partial charge in [0.05, 0.1) is 34.1 Å². The van der Waals surface area contributed by atoms with Gasteiger partial charge in [-0.25, -0.2) is 9.88 Å². The molecule has 7 nitrogen and oxygen atoms in total. The predicted molar refractivity (Wildman–Crippen MR) is 143 cm³/mol. The Kier molecular flexibility index (Phi) is 4.69. The van der Waals surface area contributed by atoms with E-state index >= 15 is 0 Å². The van der Waals surface area contributed by atoms with Crippen LogP contribution in [0, 0.1) is 17.8 Å². The first-order chi connectivity index (χ1) is 17.9. The molecule has 0 saturated carbocycles. The number of rotatable bonds is 2. The van der Waals surface area contributed by atoms with Crippen LogP contribution in [0.1, 0.15) is 25.2 Å². The second kappa shape index (κ2) is 7.69. The van der Waals surface area contributed by atoms with Crippen LogP contribution in [-0.4, -0.2) is 27.4 Å². The van der Waals surface area contributed by atoms with E-state index in [4.69, 9.17) is 4.98 Å². The Balaban J connectivity index is 1.55. The lowest BCUT2D eigenvalue weighted by Gasteiger charge is -2.32. The van der Waals surface area contributed by atoms with Crippen LogP contribution in [0.25, 0.3) is 16.6 Å². The van der Waals surface area contributed by atoms with Crippen LogP contribution in [-0.2, 0) is 15.1 Å². The lowest BCUT2D eigenvalue weighted by molar-refractivity contribution is -0.123. The van der Waals surface area contributed by atoms with E-state index in [-0.39, 0.29) is 29.3 Å². The first-order valence-electron chi connectivity index (χ1n) is 12.4. The molecular weight excluding hydrogens is 532 g/mol. The number of hydrogen-bond acceptors (Lipinski definition) is 5. The Morgan fingerprint density at radius 2 is 1.57 bits per heavy atom. The summed E-state index contributed by atoms with van der Waals surface area (Å²) in [5.41, 5.74) is 1.27. The minimum absolute atomic E-state index is 0.0520. The number of amides is 2. The van der Waals surface area contributed by atoms with Gasteiger partial charge in [-0.1, -0.05) is 56.3 Å². The summed E-state index contributed by atoms with van der Waals surface area (Å²) < 4.78 is 2.30. The molecule has 0 bridgehead atoms. The Morgan fingerprint density at radius 3 is 2.32 bits per heavy atom. The summed E-state index contributed by atoms with van der Waals surface area (Å²) in [6, 6.07) is 21.8. The molecule has 4 heterocycles. The molecule has 184 valence electrons. The van der Waals surface area contributed by atoms with Crippen LogP contribution in [0.4, 0.5) is 5.69 Å². The Labute approximate surface area is 221 Å². The van der Waals surface area contributed by atoms with Crippen LogP contribution >= 0.6 is 15.9 Å². The highest BCUT2D eigenvalue weighted by molar-refractivity contribution is 9.10. The lowest BCUT2D eigenvalue weighted by Crippen LogP contribution is -2.51. The minimum Gasteiger partial charge on any atom is -0.296 e. The number of nitrogens with zero attached hydrogens (tertiary/aromatic N) is 3. The Hall–Kier alpha value is -3.62. The minimum atomic E-state index is -1.12. The van der Waals surface area contributed by atoms with E-state index in [0.717, 1.165) is 5.56 Å². The molecule has 0 radical (unpaired) electrons. The number of hydrogen-bond donors (Lipinski definition) is 1. The van der Waals surface area contributed by atoms with E-state index in [1.807, 2.05) is 74.5 Å². The molecule has 2 fully saturated rings. The summed E-state index contributed by atoms with van der Waals surface area (Å²) in [7, 11) is 0. The number of nitrogens with one attached hydrogen (secondary N) is 1. The molecule has 2 saturated heterocycles. The van der Waals surface area contributed by atoms with E-state index in [2.05, 4.69) is 21.2 Å². The normalized spacial score (nSPS) is 25.8. The van der Waals surface area contributed by atoms with Gasteiger partial charge in [-0.2, -0.15) is 0 Å². The largest absolute Gasteiger partial charge is 0.296 e. The highest BCUT2D eigenvalue weighted by Crippen LogP contribution is 2.56. The van der Waals surface area contributed by atoms with E-state index in [0.29, 0.717) is 32.6 Å². The number of halogens is 1. The smallest absolute Gasteiger partial charge is 0.266 e. The molecule has 1 N–H and O–H groups in total. The molecule has 7 rings (SSSR count). The molecule has 0 unspecified atom stereocenters. The highest BCUT2D eigenvalue weighted by Gasteiger charge is 2.70. The third-order valence-electron chi connectivity index (χ3n) is 8.11. The van der Waals surface area contributed by atoms with Crippen molar-refractivity contribution in [1.29, 1.82) is 0 Å². The molecule has 3 aliphatic rings. The predicted octanol–water partition coefficient (Wildman–Crippen LogP) is 4.14. The summed E-state index contributed by atoms with van der Waals surface area (Å²) in [5, 5.41) is 4.23. The number of carbonyl (C=O) groups is 2. The average molecular weight is 555 g/mol. The van der Waals surface area contributed by atoms with Crippen LogP contribution < -0.4 is 15.8 Å². The molecule has 8 heteroatoms. The van der Waals surface area contributed by atoms with E-state index in [1.54, 1.807) is 16.7 Å². The number of fused-ring (bicyclic) bond motifs is 8. The van der Waals surface area contributed by atoms with Crippen molar-refractivity contribution >= 4 is 44.3 Å². The van der Waals surface area contributed by atoms with Gasteiger partial charge in [0.1, 0.15) is 11.4 Å². The summed E-state index contributed by atoms with van der Waals surface area (Å²) in [6.07, 6.45) is 0. The third-order valence-corrected chi connectivity index (χ3v) is 8.78. The number of para-hydroxylation sites is 3. The molecule has 1 spiro atoms. The summed E-state index contributed by atoms with van der Waals surface area (Å²) in [6.45, 7) is 4.10. The van der Waals surface area contributed by atoms with E-state index in [9.17, 15) is 14.4 Å². The molecule has 37 heavy (non-hydrogen) atoms. The fourth-order valence-electron chi connectivity index (χ4n) is 6.59. The van der Waals surface area contributed by atoms with Crippen LogP contribution in [0.5, 0.6) is 0 Å². The quantitative estimate of drug-likeness (QED) is 0.376. The van der Waals surface area contributed by atoms with E-state index in [1.165, 1.54) is 4.90 Å². The van der Waals surface area contributed by atoms with Crippen molar-refractivity contribution in [3.8, 4) is 5.69 Å². The average Bonchev–Trinajstić information content (AvgIpc) is 3.49. The standard InChI is InChI=1S/C29H23BrN4O3/c1-15(2)24-22-23(27(37)33(26(22)36)21-14-8-5-11-18(21)30)29(32-24)17-10-4-7-13-20(17)34-25(35)16-9-3-6-12-19(16)31-28(29)34/h3-15,22-24,32H,1-2H3/t22-,23-,24-,29-/m1/s1. The molecule has 4 atom stereocenters. The van der Waals surface area contributed by atoms with Gasteiger partial charge in [-0.05, 0) is 52.2 Å². The monoisotopic (exact) mass is 554 g/mol. The number of imide groups is 1. The first kappa shape index (κ1) is 22.6. The molecule has 3 aromatic carbocycles. The summed E-state index contributed by atoms with van der Waals surface area (Å²) >= 11 is 3.53. The Morgan fingerprint density at radius 1 is 0.892 bits per heavy atom. The first-order valence-corrected chi connectivity index (χ1v) is 13.2. The van der Waals surface area contributed by atoms with Crippen molar-refractivity contribution in [1.82, 2.24) is 14.9 Å². The van der Waals surface area contributed by atoms with Gasteiger partial charge >= 0.3 is 0 Å². The maximum atomic E-state index is 14.4. The number of anilines is 1. The molecular formula is C29H23BrN4O3. The number of carbonyl (C=O) groups excluding carboxylic acids is 2. The summed E-state index contributed by atoms with van der Waals surface area (Å²) in [4.78, 5) is 48.6. The lowest BCUT2D eigenvalue weighted by atomic mass is 9.75. The van der Waals surface area contributed by atoms with Gasteiger partial charge in [0.2, 0.25) is 11.8 Å². The van der Waals surface area contributed by atoms with Gasteiger partial charge in [0.15, 0.2) is 0 Å². The van der Waals surface area contributed by atoms with Crippen molar-refractivity contribution in [2.24, 2.45) is 17.8 Å². The maximum absolute atomic E-state index is 14.4. The summed E-state index contributed by atoms with van der Waals surface area (Å²) in [5.74, 6) is -1.38. The van der Waals surface area contributed by atoms with Crippen molar-refractivity contribution in [3.05, 3.63) is 99.0 Å². The number of aromatic nitrogens is 2. The van der Waals surface area contributed by atoms with Gasteiger partial charge in [-0.3, -0.25) is 24.3 Å². The van der Waals surface area contributed by atoms with Gasteiger partial charge in [-0.15, -0.1) is 0 Å². The van der Waals surface area contributed by atoms with Crippen molar-refractivity contribution < 1.29 is 9.59 Å². The van der Waals surface area contributed by atoms with Crippen LogP contribution in [0.15, 0.2) is 82.1 Å². The molecule has 3 aliphatic heterocycles. The molecule has 0 aliphatic carbocycles. The SMILES string of the molecule is CC(C)[C@H]1N[C@]2(c3ccccc3-n3c2nc2ccccc2c3=O)[C@H]2C(=O)N(c3ccccc3Br)C(=O)[C@@H]12. The molecule has 2 amide bonds. The Bertz CT molecular complexity index is 1710. The maximum Gasteiger partial charge on any atom is 0.266 e. The van der Waals surface area contributed by atoms with Gasteiger partial charge in [0, 0.05) is 16.1 Å². The zero-order valence-corrected chi connectivity index (χ0v) is 21.8. The van der Waals surface area contributed by atoms with E-state index < -0.39 is 17.4 Å². The third kappa shape index (κ3) is 2.74. The molecule has 1 aromatic heterocycles. The topological polar surface area (TPSA) is 84.3 Å². The second-order valence-corrected chi connectivity index (χ2v) is 11.2. The zero-order valence-electron chi connectivity index (χ0n) is 20.2. The fraction of sp³-hybridized carbons (Fsp3) is 0.241. The highest BCUT2D eigenvalue weighted by atomic mass is 79.9. The van der Waals surface area contributed by atoms with Crippen molar-refractivity contribution in [3.63, 3.8) is 0 Å². The van der Waals surface area contributed by atoms with Gasteiger partial charge < -0.3 is 0 Å². The zero-order chi connectivity index (χ0) is 25.6. The van der Waals surface area contributed by atoms with Crippen molar-refractivity contribution in [2.75, 3.05) is 4.90 Å². The van der Waals surface area contributed by atoms with Gasteiger partial charge in [0.25, 0.3) is 5.56 Å². The number of benzene rings is 3.